The molecule has 0 fully saturated rings. The van der Waals surface area contributed by atoms with Gasteiger partial charge >= 0.3 is 6.09 Å². The Morgan fingerprint density at radius 1 is 1.04 bits per heavy atom. The van der Waals surface area contributed by atoms with Crippen LogP contribution < -0.4 is 11.2 Å². The van der Waals surface area contributed by atoms with Crippen molar-refractivity contribution < 1.29 is 14.4 Å². The maximum Gasteiger partial charge on any atom is 0.431 e. The molecule has 0 aromatic heterocycles. The monoisotopic (exact) mass is 312 g/mol. The zero-order chi connectivity index (χ0) is 16.1. The first kappa shape index (κ1) is 15.5. The van der Waals surface area contributed by atoms with Gasteiger partial charge < -0.3 is 10.5 Å². The fraction of sp³-hybridized carbons (Fsp3) is 0.278. The molecule has 1 aliphatic carbocycles. The van der Waals surface area contributed by atoms with Crippen LogP contribution in [0.4, 0.5) is 4.79 Å². The van der Waals surface area contributed by atoms with Crippen molar-refractivity contribution in [1.82, 2.24) is 5.48 Å². The van der Waals surface area contributed by atoms with Crippen molar-refractivity contribution in [3.8, 4) is 11.1 Å². The fourth-order valence-electron chi connectivity index (χ4n) is 2.89. The third-order valence-corrected chi connectivity index (χ3v) is 3.95. The molecular formula is C18H20N2O3. The standard InChI is InChI=1S/C18H20N2O3/c19-10-5-11-23-20-18(21)22-12-17-15-8-3-1-6-13(15)14-7-2-4-9-16(14)17/h1-4,6-9,17H,5,10-12,19H2,(H,20,21). The average Bonchev–Trinajstić information content (AvgIpc) is 2.91. The van der Waals surface area contributed by atoms with Gasteiger partial charge in [-0.25, -0.2) is 4.79 Å². The molecule has 2 aromatic rings. The topological polar surface area (TPSA) is 73.6 Å². The van der Waals surface area contributed by atoms with Gasteiger partial charge in [0.1, 0.15) is 6.61 Å². The van der Waals surface area contributed by atoms with Gasteiger partial charge in [-0.15, -0.1) is 0 Å². The zero-order valence-electron chi connectivity index (χ0n) is 12.8. The van der Waals surface area contributed by atoms with Crippen LogP contribution in [0.25, 0.3) is 11.1 Å². The van der Waals surface area contributed by atoms with Gasteiger partial charge in [0.15, 0.2) is 0 Å². The van der Waals surface area contributed by atoms with E-state index in [1.165, 1.54) is 22.3 Å². The average molecular weight is 312 g/mol. The smallest absolute Gasteiger partial charge is 0.431 e. The van der Waals surface area contributed by atoms with Gasteiger partial charge in [0, 0.05) is 5.92 Å². The van der Waals surface area contributed by atoms with Crippen LogP contribution in [0.5, 0.6) is 0 Å². The first-order valence-corrected chi connectivity index (χ1v) is 7.74. The van der Waals surface area contributed by atoms with E-state index in [2.05, 4.69) is 29.7 Å². The minimum atomic E-state index is -0.580. The number of hydrogen-bond donors (Lipinski definition) is 2. The SMILES string of the molecule is NCCCONC(=O)OCC1c2ccccc2-c2ccccc21. The number of benzene rings is 2. The molecule has 0 bridgehead atoms. The molecule has 0 saturated carbocycles. The number of hydrogen-bond acceptors (Lipinski definition) is 4. The Bertz CT molecular complexity index is 642. The summed E-state index contributed by atoms with van der Waals surface area (Å²) in [7, 11) is 0. The van der Waals surface area contributed by atoms with Gasteiger partial charge in [-0.05, 0) is 35.2 Å². The molecule has 0 saturated heterocycles. The Hall–Kier alpha value is -2.37. The van der Waals surface area contributed by atoms with E-state index in [0.29, 0.717) is 19.6 Å². The Morgan fingerprint density at radius 2 is 1.65 bits per heavy atom. The third-order valence-electron chi connectivity index (χ3n) is 3.95. The van der Waals surface area contributed by atoms with Crippen LogP contribution in [0.1, 0.15) is 23.5 Å². The molecule has 3 N–H and O–H groups in total. The van der Waals surface area contributed by atoms with Crippen molar-refractivity contribution in [2.45, 2.75) is 12.3 Å². The van der Waals surface area contributed by atoms with Gasteiger partial charge in [-0.2, -0.15) is 5.48 Å². The predicted octanol–water partition coefficient (Wildman–Crippen LogP) is 2.81. The summed E-state index contributed by atoms with van der Waals surface area (Å²) in [5.41, 5.74) is 12.4. The first-order valence-electron chi connectivity index (χ1n) is 7.74. The molecule has 5 heteroatoms. The number of carbonyl (C=O) groups is 1. The van der Waals surface area contributed by atoms with Crippen molar-refractivity contribution in [2.24, 2.45) is 5.73 Å². The number of fused-ring (bicyclic) bond motifs is 3. The van der Waals surface area contributed by atoms with E-state index >= 15 is 0 Å². The molecule has 120 valence electrons. The molecule has 0 spiro atoms. The summed E-state index contributed by atoms with van der Waals surface area (Å²) < 4.78 is 5.31. The lowest BCUT2D eigenvalue weighted by molar-refractivity contribution is 0.0267. The number of ether oxygens (including phenoxy) is 1. The molecule has 1 aliphatic rings. The van der Waals surface area contributed by atoms with E-state index in [9.17, 15) is 4.79 Å². The summed E-state index contributed by atoms with van der Waals surface area (Å²) in [6, 6.07) is 16.4. The summed E-state index contributed by atoms with van der Waals surface area (Å²) in [4.78, 5) is 16.7. The van der Waals surface area contributed by atoms with E-state index < -0.39 is 6.09 Å². The van der Waals surface area contributed by atoms with Gasteiger partial charge in [0.2, 0.25) is 0 Å². The molecule has 0 unspecified atom stereocenters. The molecule has 0 aliphatic heterocycles. The highest BCUT2D eigenvalue weighted by atomic mass is 16.7. The number of carbonyl (C=O) groups excluding carboxylic acids is 1. The van der Waals surface area contributed by atoms with Crippen LogP contribution in [0.3, 0.4) is 0 Å². The minimum absolute atomic E-state index is 0.0530. The van der Waals surface area contributed by atoms with Gasteiger partial charge in [0.05, 0.1) is 6.61 Å². The highest BCUT2D eigenvalue weighted by Crippen LogP contribution is 2.44. The second-order valence-corrected chi connectivity index (χ2v) is 5.42. The lowest BCUT2D eigenvalue weighted by Gasteiger charge is -2.14. The Balaban J connectivity index is 1.65. The largest absolute Gasteiger partial charge is 0.447 e. The summed E-state index contributed by atoms with van der Waals surface area (Å²) in [6.45, 7) is 1.17. The van der Waals surface area contributed by atoms with Crippen LogP contribution in [0.15, 0.2) is 48.5 Å². The Morgan fingerprint density at radius 3 is 2.26 bits per heavy atom. The summed E-state index contributed by atoms with van der Waals surface area (Å²) in [5.74, 6) is 0.0530. The highest BCUT2D eigenvalue weighted by Gasteiger charge is 2.28. The molecule has 5 nitrogen and oxygen atoms in total. The molecule has 2 aromatic carbocycles. The van der Waals surface area contributed by atoms with E-state index in [1.54, 1.807) is 0 Å². The normalized spacial score (nSPS) is 12.6. The fourth-order valence-corrected chi connectivity index (χ4v) is 2.89. The number of rotatable bonds is 6. The minimum Gasteiger partial charge on any atom is -0.447 e. The first-order chi connectivity index (χ1) is 11.3. The molecular weight excluding hydrogens is 292 g/mol. The number of hydroxylamine groups is 1. The van der Waals surface area contributed by atoms with Crippen LogP contribution in [-0.2, 0) is 9.57 Å². The van der Waals surface area contributed by atoms with Gasteiger partial charge in [-0.3, -0.25) is 4.84 Å². The van der Waals surface area contributed by atoms with Crippen molar-refractivity contribution in [3.63, 3.8) is 0 Å². The van der Waals surface area contributed by atoms with Crippen LogP contribution >= 0.6 is 0 Å². The number of amides is 1. The van der Waals surface area contributed by atoms with Crippen molar-refractivity contribution >= 4 is 6.09 Å². The summed E-state index contributed by atoms with van der Waals surface area (Å²) in [6.07, 6.45) is 0.104. The molecule has 0 atom stereocenters. The zero-order valence-corrected chi connectivity index (χ0v) is 12.8. The molecule has 23 heavy (non-hydrogen) atoms. The number of nitrogens with two attached hydrogens (primary N) is 1. The summed E-state index contributed by atoms with van der Waals surface area (Å²) in [5, 5.41) is 0. The Labute approximate surface area is 135 Å². The molecule has 1 amide bonds. The lowest BCUT2D eigenvalue weighted by Crippen LogP contribution is -2.27. The molecule has 0 radical (unpaired) electrons. The Kier molecular flexibility index (Phi) is 4.90. The molecule has 0 heterocycles. The van der Waals surface area contributed by atoms with Crippen molar-refractivity contribution in [3.05, 3.63) is 59.7 Å². The van der Waals surface area contributed by atoms with Crippen molar-refractivity contribution in [1.29, 1.82) is 0 Å². The van der Waals surface area contributed by atoms with Crippen LogP contribution in [0.2, 0.25) is 0 Å². The van der Waals surface area contributed by atoms with E-state index in [1.807, 2.05) is 24.3 Å². The van der Waals surface area contributed by atoms with E-state index in [4.69, 9.17) is 15.3 Å². The van der Waals surface area contributed by atoms with Crippen LogP contribution in [-0.4, -0.2) is 25.9 Å². The lowest BCUT2D eigenvalue weighted by atomic mass is 9.98. The van der Waals surface area contributed by atoms with Gasteiger partial charge in [-0.1, -0.05) is 48.5 Å². The highest BCUT2D eigenvalue weighted by molar-refractivity contribution is 5.79. The quantitative estimate of drug-likeness (QED) is 0.635. The maximum absolute atomic E-state index is 11.7. The van der Waals surface area contributed by atoms with E-state index in [-0.39, 0.29) is 12.5 Å². The number of nitrogens with one attached hydrogen (secondary N) is 1. The van der Waals surface area contributed by atoms with Gasteiger partial charge in [0.25, 0.3) is 0 Å². The second-order valence-electron chi connectivity index (χ2n) is 5.42. The van der Waals surface area contributed by atoms with Crippen molar-refractivity contribution in [2.75, 3.05) is 19.8 Å². The third kappa shape index (κ3) is 3.36. The van der Waals surface area contributed by atoms with E-state index in [0.717, 1.165) is 0 Å². The second kappa shape index (κ2) is 7.26. The maximum atomic E-state index is 11.7. The molecule has 3 rings (SSSR count). The predicted molar refractivity (Wildman–Crippen MR) is 87.8 cm³/mol. The van der Waals surface area contributed by atoms with Crippen LogP contribution in [0, 0.1) is 0 Å². The summed E-state index contributed by atoms with van der Waals surface area (Å²) >= 11 is 0.